The molecular weight excluding hydrogens is 468 g/mol. The number of amides is 1. The fraction of sp³-hybridized carbons (Fsp3) is 0.500. The largest absolute Gasteiger partial charge is 0.506 e. The summed E-state index contributed by atoms with van der Waals surface area (Å²) in [5.74, 6) is -0.0904. The highest BCUT2D eigenvalue weighted by atomic mass is 127. The van der Waals surface area contributed by atoms with E-state index in [-0.39, 0.29) is 17.7 Å². The molecule has 2 N–H and O–H groups in total. The third-order valence-corrected chi connectivity index (χ3v) is 5.02. The molecule has 0 heterocycles. The van der Waals surface area contributed by atoms with Crippen LogP contribution in [0.2, 0.25) is 0 Å². The van der Waals surface area contributed by atoms with Crippen molar-refractivity contribution in [1.82, 2.24) is 5.32 Å². The summed E-state index contributed by atoms with van der Waals surface area (Å²) in [6.45, 7) is 4.45. The second-order valence-electron chi connectivity index (χ2n) is 5.86. The highest BCUT2D eigenvalue weighted by Gasteiger charge is 2.32. The van der Waals surface area contributed by atoms with Crippen LogP contribution in [-0.4, -0.2) is 17.1 Å². The summed E-state index contributed by atoms with van der Waals surface area (Å²) >= 11 is 4.20. The molecule has 0 bridgehead atoms. The zero-order valence-electron chi connectivity index (χ0n) is 11.0. The second kappa shape index (κ2) is 5.75. The molecule has 1 aliphatic rings. The van der Waals surface area contributed by atoms with Gasteiger partial charge in [0.2, 0.25) is 0 Å². The lowest BCUT2D eigenvalue weighted by Crippen LogP contribution is -2.33. The normalized spacial score (nSPS) is 21.4. The number of phenolic OH excluding ortho intramolecular Hbond substituents is 1. The summed E-state index contributed by atoms with van der Waals surface area (Å²) < 4.78 is 1.66. The fourth-order valence-corrected chi connectivity index (χ4v) is 4.41. The van der Waals surface area contributed by atoms with Crippen LogP contribution in [0, 0.1) is 12.6 Å². The van der Waals surface area contributed by atoms with Gasteiger partial charge >= 0.3 is 0 Å². The predicted octanol–water partition coefficient (Wildman–Crippen LogP) is 3.91. The van der Waals surface area contributed by atoms with Crippen LogP contribution >= 0.6 is 45.2 Å². The van der Waals surface area contributed by atoms with Crippen molar-refractivity contribution < 1.29 is 9.90 Å². The van der Waals surface area contributed by atoms with E-state index in [0.29, 0.717) is 14.5 Å². The molecule has 19 heavy (non-hydrogen) atoms. The summed E-state index contributed by atoms with van der Waals surface area (Å²) in [5, 5.41) is 13.0. The lowest BCUT2D eigenvalue weighted by Gasteiger charge is -2.18. The summed E-state index contributed by atoms with van der Waals surface area (Å²) in [4.78, 5) is 12.3. The minimum absolute atomic E-state index is 0.0794. The first-order valence-corrected chi connectivity index (χ1v) is 8.43. The summed E-state index contributed by atoms with van der Waals surface area (Å²) in [6.07, 6.45) is 3.15. The number of halogens is 2. The van der Waals surface area contributed by atoms with Gasteiger partial charge in [-0.05, 0) is 82.0 Å². The standard InChI is InChI=1S/C14H17I2NO2/c1-14(2)4-3-9(7-14)17-13(19)10-5-8(15)6-11(16)12(10)18/h5-6,9,18H,3-4,7H2,1-2H3,(H,17,19). The van der Waals surface area contributed by atoms with Gasteiger partial charge in [-0.15, -0.1) is 0 Å². The number of benzene rings is 1. The lowest BCUT2D eigenvalue weighted by molar-refractivity contribution is 0.0933. The monoisotopic (exact) mass is 485 g/mol. The highest BCUT2D eigenvalue weighted by Crippen LogP contribution is 2.37. The van der Waals surface area contributed by atoms with E-state index >= 15 is 0 Å². The molecular formula is C14H17I2NO2. The van der Waals surface area contributed by atoms with Crippen molar-refractivity contribution in [2.45, 2.75) is 39.2 Å². The first-order chi connectivity index (χ1) is 8.78. The Morgan fingerprint density at radius 1 is 1.42 bits per heavy atom. The predicted molar refractivity (Wildman–Crippen MR) is 92.4 cm³/mol. The Hall–Kier alpha value is -0.0500. The molecule has 1 saturated carbocycles. The average Bonchev–Trinajstić information content (AvgIpc) is 2.63. The molecule has 1 amide bonds. The molecule has 104 valence electrons. The van der Waals surface area contributed by atoms with Gasteiger partial charge in [-0.25, -0.2) is 0 Å². The SMILES string of the molecule is CC1(C)CCC(NC(=O)c2cc(I)cc(I)c2O)C1. The number of carbonyl (C=O) groups is 1. The van der Waals surface area contributed by atoms with Gasteiger partial charge in [0.05, 0.1) is 9.13 Å². The molecule has 5 heteroatoms. The molecule has 0 aromatic heterocycles. The van der Waals surface area contributed by atoms with Crippen LogP contribution in [0.15, 0.2) is 12.1 Å². The van der Waals surface area contributed by atoms with E-state index in [2.05, 4.69) is 41.8 Å². The Morgan fingerprint density at radius 2 is 2.11 bits per heavy atom. The number of hydrogen-bond acceptors (Lipinski definition) is 2. The molecule has 1 aliphatic carbocycles. The Morgan fingerprint density at radius 3 is 2.68 bits per heavy atom. The highest BCUT2D eigenvalue weighted by molar-refractivity contribution is 14.1. The van der Waals surface area contributed by atoms with Gasteiger partial charge in [-0.2, -0.15) is 0 Å². The van der Waals surface area contributed by atoms with Crippen molar-refractivity contribution in [1.29, 1.82) is 0 Å². The van der Waals surface area contributed by atoms with Crippen molar-refractivity contribution in [2.24, 2.45) is 5.41 Å². The van der Waals surface area contributed by atoms with E-state index in [1.165, 1.54) is 0 Å². The number of nitrogens with one attached hydrogen (secondary N) is 1. The van der Waals surface area contributed by atoms with Gasteiger partial charge in [0, 0.05) is 9.61 Å². The third kappa shape index (κ3) is 3.74. The number of rotatable bonds is 2. The topological polar surface area (TPSA) is 49.3 Å². The van der Waals surface area contributed by atoms with Gasteiger partial charge in [0.1, 0.15) is 5.75 Å². The maximum absolute atomic E-state index is 12.3. The summed E-state index contributed by atoms with van der Waals surface area (Å²) in [7, 11) is 0. The average molecular weight is 485 g/mol. The zero-order chi connectivity index (χ0) is 14.2. The van der Waals surface area contributed by atoms with Crippen molar-refractivity contribution in [3.8, 4) is 5.75 Å². The molecule has 1 atom stereocenters. The molecule has 0 spiro atoms. The molecule has 1 aromatic rings. The number of phenols is 1. The molecule has 0 saturated heterocycles. The van der Waals surface area contributed by atoms with Crippen LogP contribution in [0.25, 0.3) is 0 Å². The van der Waals surface area contributed by atoms with Crippen molar-refractivity contribution in [3.63, 3.8) is 0 Å². The van der Waals surface area contributed by atoms with Gasteiger partial charge < -0.3 is 10.4 Å². The first kappa shape index (κ1) is 15.3. The molecule has 0 aliphatic heterocycles. The quantitative estimate of drug-likeness (QED) is 0.625. The van der Waals surface area contributed by atoms with Gasteiger partial charge in [-0.1, -0.05) is 13.8 Å². The Balaban J connectivity index is 2.13. The third-order valence-electron chi connectivity index (χ3n) is 3.58. The van der Waals surface area contributed by atoms with Crippen LogP contribution in [0.4, 0.5) is 0 Å². The van der Waals surface area contributed by atoms with Crippen LogP contribution in [0.3, 0.4) is 0 Å². The maximum atomic E-state index is 12.3. The molecule has 0 radical (unpaired) electrons. The van der Waals surface area contributed by atoms with Crippen LogP contribution < -0.4 is 5.32 Å². The van der Waals surface area contributed by atoms with Crippen LogP contribution in [-0.2, 0) is 0 Å². The van der Waals surface area contributed by atoms with E-state index in [0.717, 1.165) is 22.8 Å². The van der Waals surface area contributed by atoms with E-state index in [1.807, 2.05) is 28.7 Å². The van der Waals surface area contributed by atoms with Crippen molar-refractivity contribution in [3.05, 3.63) is 24.8 Å². The van der Waals surface area contributed by atoms with Crippen LogP contribution in [0.5, 0.6) is 5.75 Å². The fourth-order valence-electron chi connectivity index (χ4n) is 2.56. The lowest BCUT2D eigenvalue weighted by atomic mass is 9.92. The molecule has 1 fully saturated rings. The summed E-state index contributed by atoms with van der Waals surface area (Å²) in [6, 6.07) is 3.80. The number of hydrogen-bond donors (Lipinski definition) is 2. The minimum atomic E-state index is -0.170. The second-order valence-corrected chi connectivity index (χ2v) is 8.27. The van der Waals surface area contributed by atoms with Gasteiger partial charge in [-0.3, -0.25) is 4.79 Å². The van der Waals surface area contributed by atoms with E-state index in [4.69, 9.17) is 0 Å². The summed E-state index contributed by atoms with van der Waals surface area (Å²) in [5.41, 5.74) is 0.681. The van der Waals surface area contributed by atoms with E-state index < -0.39 is 0 Å². The molecule has 1 aromatic carbocycles. The smallest absolute Gasteiger partial charge is 0.255 e. The number of aromatic hydroxyl groups is 1. The van der Waals surface area contributed by atoms with Gasteiger partial charge in [0.25, 0.3) is 5.91 Å². The van der Waals surface area contributed by atoms with Gasteiger partial charge in [0.15, 0.2) is 0 Å². The molecule has 2 rings (SSSR count). The Bertz CT molecular complexity index is 514. The zero-order valence-corrected chi connectivity index (χ0v) is 15.3. The Labute approximate surface area is 140 Å². The first-order valence-electron chi connectivity index (χ1n) is 6.27. The minimum Gasteiger partial charge on any atom is -0.506 e. The number of carbonyl (C=O) groups excluding carboxylic acids is 1. The van der Waals surface area contributed by atoms with E-state index in [1.54, 1.807) is 6.07 Å². The molecule has 1 unspecified atom stereocenters. The van der Waals surface area contributed by atoms with E-state index in [9.17, 15) is 9.90 Å². The van der Waals surface area contributed by atoms with Crippen molar-refractivity contribution >= 4 is 51.1 Å². The van der Waals surface area contributed by atoms with Crippen LogP contribution in [0.1, 0.15) is 43.5 Å². The molecule has 3 nitrogen and oxygen atoms in total. The van der Waals surface area contributed by atoms with Crippen molar-refractivity contribution in [2.75, 3.05) is 0 Å². The maximum Gasteiger partial charge on any atom is 0.255 e. The Kier molecular flexibility index (Phi) is 4.64.